The molecule has 1 atom stereocenters. The molecule has 4 nitrogen and oxygen atoms in total. The number of imidazole rings is 1. The van der Waals surface area contributed by atoms with E-state index in [2.05, 4.69) is 15.3 Å². The van der Waals surface area contributed by atoms with Crippen molar-refractivity contribution >= 4 is 0 Å². The van der Waals surface area contributed by atoms with Crippen LogP contribution in [0.2, 0.25) is 0 Å². The molecule has 1 aromatic rings. The largest absolute Gasteiger partial charge is 0.378 e. The molecule has 1 aliphatic rings. The smallest absolute Gasteiger partial charge is 0.0925 e. The van der Waals surface area contributed by atoms with Gasteiger partial charge in [0.25, 0.3) is 0 Å². The summed E-state index contributed by atoms with van der Waals surface area (Å²) in [7, 11) is 0. The normalized spacial score (nSPS) is 21.2. The van der Waals surface area contributed by atoms with Gasteiger partial charge in [0.15, 0.2) is 0 Å². The van der Waals surface area contributed by atoms with E-state index >= 15 is 0 Å². The molecule has 1 fully saturated rings. The highest BCUT2D eigenvalue weighted by molar-refractivity contribution is 5.07. The average molecular weight is 223 g/mol. The van der Waals surface area contributed by atoms with Crippen molar-refractivity contribution in [2.45, 2.75) is 45.3 Å². The van der Waals surface area contributed by atoms with Gasteiger partial charge in [0.2, 0.25) is 0 Å². The lowest BCUT2D eigenvalue weighted by atomic mass is 10.1. The third kappa shape index (κ3) is 3.32. The summed E-state index contributed by atoms with van der Waals surface area (Å²) < 4.78 is 5.68. The summed E-state index contributed by atoms with van der Waals surface area (Å²) in [5.74, 6) is 0. The second-order valence-electron chi connectivity index (χ2n) is 4.43. The first-order valence-corrected chi connectivity index (χ1v) is 6.17. The molecule has 1 aromatic heterocycles. The molecule has 1 saturated heterocycles. The lowest BCUT2D eigenvalue weighted by molar-refractivity contribution is 0.0115. The van der Waals surface area contributed by atoms with Gasteiger partial charge in [0.1, 0.15) is 0 Å². The van der Waals surface area contributed by atoms with E-state index in [1.165, 1.54) is 19.3 Å². The van der Waals surface area contributed by atoms with Crippen LogP contribution < -0.4 is 5.32 Å². The number of aromatic amines is 1. The molecule has 1 aliphatic heterocycles. The Bertz CT molecular complexity index is 305. The Morgan fingerprint density at radius 2 is 2.50 bits per heavy atom. The van der Waals surface area contributed by atoms with Crippen molar-refractivity contribution in [1.29, 1.82) is 0 Å². The van der Waals surface area contributed by atoms with Gasteiger partial charge in [0.05, 0.1) is 18.1 Å². The number of aromatic nitrogens is 2. The fourth-order valence-corrected chi connectivity index (χ4v) is 2.07. The van der Waals surface area contributed by atoms with Crippen LogP contribution in [0.3, 0.4) is 0 Å². The number of nitrogens with one attached hydrogen (secondary N) is 2. The van der Waals surface area contributed by atoms with Crippen molar-refractivity contribution in [3.05, 3.63) is 17.7 Å². The van der Waals surface area contributed by atoms with Crippen LogP contribution in [-0.4, -0.2) is 29.2 Å². The minimum atomic E-state index is 0.474. The van der Waals surface area contributed by atoms with E-state index in [4.69, 9.17) is 4.74 Å². The summed E-state index contributed by atoms with van der Waals surface area (Å²) in [6.07, 6.45) is 7.12. The van der Waals surface area contributed by atoms with Gasteiger partial charge in [-0.3, -0.25) is 0 Å². The van der Waals surface area contributed by atoms with Crippen LogP contribution in [0.4, 0.5) is 0 Å². The van der Waals surface area contributed by atoms with Crippen LogP contribution in [0, 0.1) is 6.92 Å². The Labute approximate surface area is 96.8 Å². The minimum absolute atomic E-state index is 0.474. The molecule has 0 aromatic carbocycles. The second kappa shape index (κ2) is 6.01. The number of hydrogen-bond donors (Lipinski definition) is 2. The zero-order valence-corrected chi connectivity index (χ0v) is 9.96. The van der Waals surface area contributed by atoms with E-state index in [1.54, 1.807) is 6.33 Å². The van der Waals surface area contributed by atoms with E-state index in [9.17, 15) is 0 Å². The van der Waals surface area contributed by atoms with Gasteiger partial charge < -0.3 is 15.0 Å². The van der Waals surface area contributed by atoms with Crippen molar-refractivity contribution in [3.63, 3.8) is 0 Å². The number of H-pyrrole nitrogens is 1. The fourth-order valence-electron chi connectivity index (χ4n) is 2.07. The third-order valence-corrected chi connectivity index (χ3v) is 3.14. The van der Waals surface area contributed by atoms with E-state index in [-0.39, 0.29) is 0 Å². The molecule has 0 aliphatic carbocycles. The van der Waals surface area contributed by atoms with Gasteiger partial charge in [-0.25, -0.2) is 4.98 Å². The van der Waals surface area contributed by atoms with E-state index in [1.807, 2.05) is 6.92 Å². The van der Waals surface area contributed by atoms with E-state index in [0.29, 0.717) is 6.10 Å². The number of aryl methyl sites for hydroxylation is 1. The highest BCUT2D eigenvalue weighted by Gasteiger charge is 2.12. The number of rotatable bonds is 5. The molecule has 16 heavy (non-hydrogen) atoms. The number of hydrogen-bond acceptors (Lipinski definition) is 3. The van der Waals surface area contributed by atoms with Crippen LogP contribution in [0.15, 0.2) is 6.33 Å². The molecule has 0 radical (unpaired) electrons. The maximum Gasteiger partial charge on any atom is 0.0925 e. The first-order valence-electron chi connectivity index (χ1n) is 6.17. The molecule has 90 valence electrons. The predicted octanol–water partition coefficient (Wildman–Crippen LogP) is 1.77. The Hall–Kier alpha value is -0.870. The third-order valence-electron chi connectivity index (χ3n) is 3.14. The maximum absolute atomic E-state index is 5.68. The minimum Gasteiger partial charge on any atom is -0.378 e. The molecule has 0 spiro atoms. The van der Waals surface area contributed by atoms with E-state index < -0.39 is 0 Å². The lowest BCUT2D eigenvalue weighted by Gasteiger charge is -2.22. The van der Waals surface area contributed by atoms with Crippen molar-refractivity contribution in [2.24, 2.45) is 0 Å². The van der Waals surface area contributed by atoms with Crippen molar-refractivity contribution in [1.82, 2.24) is 15.3 Å². The van der Waals surface area contributed by atoms with E-state index in [0.717, 1.165) is 37.5 Å². The molecule has 4 heteroatoms. The fraction of sp³-hybridized carbons (Fsp3) is 0.750. The average Bonchev–Trinajstić information content (AvgIpc) is 2.72. The van der Waals surface area contributed by atoms with Crippen LogP contribution >= 0.6 is 0 Å². The number of nitrogens with zero attached hydrogens (tertiary/aromatic N) is 1. The van der Waals surface area contributed by atoms with Crippen LogP contribution in [0.1, 0.15) is 37.1 Å². The summed E-state index contributed by atoms with van der Waals surface area (Å²) in [5.41, 5.74) is 2.27. The maximum atomic E-state index is 5.68. The van der Waals surface area contributed by atoms with Crippen LogP contribution in [0.25, 0.3) is 0 Å². The highest BCUT2D eigenvalue weighted by Crippen LogP contribution is 2.14. The van der Waals surface area contributed by atoms with Gasteiger partial charge in [0, 0.05) is 18.8 Å². The van der Waals surface area contributed by atoms with Crippen molar-refractivity contribution in [2.75, 3.05) is 13.2 Å². The van der Waals surface area contributed by atoms with Crippen molar-refractivity contribution < 1.29 is 4.74 Å². The van der Waals surface area contributed by atoms with Crippen LogP contribution in [-0.2, 0) is 11.3 Å². The van der Waals surface area contributed by atoms with Gasteiger partial charge in [-0.2, -0.15) is 0 Å². The van der Waals surface area contributed by atoms with Gasteiger partial charge in [-0.15, -0.1) is 0 Å². The first-order chi connectivity index (χ1) is 7.86. The Morgan fingerprint density at radius 3 is 3.19 bits per heavy atom. The molecule has 1 unspecified atom stereocenters. The monoisotopic (exact) mass is 223 g/mol. The molecule has 0 bridgehead atoms. The Kier molecular flexibility index (Phi) is 4.36. The number of ether oxygens (including phenoxy) is 1. The SMILES string of the molecule is Cc1[nH]cnc1CNCCC1CCCCO1. The van der Waals surface area contributed by atoms with Crippen molar-refractivity contribution in [3.8, 4) is 0 Å². The predicted molar refractivity (Wildman–Crippen MR) is 63.2 cm³/mol. The summed E-state index contributed by atoms with van der Waals surface area (Å²) in [5, 5.41) is 3.41. The molecule has 0 amide bonds. The van der Waals surface area contributed by atoms with Gasteiger partial charge in [-0.1, -0.05) is 0 Å². The summed E-state index contributed by atoms with van der Waals surface area (Å²) in [6.45, 7) is 4.86. The molecule has 2 N–H and O–H groups in total. The first kappa shape index (κ1) is 11.6. The molecule has 2 rings (SSSR count). The summed E-state index contributed by atoms with van der Waals surface area (Å²) in [4.78, 5) is 7.33. The molecular weight excluding hydrogens is 202 g/mol. The lowest BCUT2D eigenvalue weighted by Crippen LogP contribution is -2.25. The summed E-state index contributed by atoms with van der Waals surface area (Å²) in [6, 6.07) is 0. The Morgan fingerprint density at radius 1 is 1.56 bits per heavy atom. The highest BCUT2D eigenvalue weighted by atomic mass is 16.5. The molecule has 2 heterocycles. The zero-order chi connectivity index (χ0) is 11.2. The topological polar surface area (TPSA) is 49.9 Å². The van der Waals surface area contributed by atoms with Crippen LogP contribution in [0.5, 0.6) is 0 Å². The second-order valence-corrected chi connectivity index (χ2v) is 4.43. The molecular formula is C12H21N3O. The quantitative estimate of drug-likeness (QED) is 0.748. The van der Waals surface area contributed by atoms with Gasteiger partial charge >= 0.3 is 0 Å². The Balaban J connectivity index is 1.59. The molecule has 0 saturated carbocycles. The zero-order valence-electron chi connectivity index (χ0n) is 9.96. The standard InChI is InChI=1S/C12H21N3O/c1-10-12(15-9-14-10)8-13-6-5-11-4-2-3-7-16-11/h9,11,13H,2-8H2,1H3,(H,14,15). The van der Waals surface area contributed by atoms with Gasteiger partial charge in [-0.05, 0) is 39.2 Å². The summed E-state index contributed by atoms with van der Waals surface area (Å²) >= 11 is 0.